The van der Waals surface area contributed by atoms with E-state index < -0.39 is 0 Å². The van der Waals surface area contributed by atoms with E-state index in [-0.39, 0.29) is 0 Å². The molecule has 2 aliphatic heterocycles. The van der Waals surface area contributed by atoms with Crippen LogP contribution in [0.3, 0.4) is 0 Å². The summed E-state index contributed by atoms with van der Waals surface area (Å²) >= 11 is 0. The lowest BCUT2D eigenvalue weighted by Crippen LogP contribution is -2.43. The molecule has 0 radical (unpaired) electrons. The zero-order valence-corrected chi connectivity index (χ0v) is 13.1. The van der Waals surface area contributed by atoms with Crippen molar-refractivity contribution in [1.82, 2.24) is 25.0 Å². The van der Waals surface area contributed by atoms with Gasteiger partial charge in [-0.25, -0.2) is 4.98 Å². The van der Waals surface area contributed by atoms with Gasteiger partial charge < -0.3 is 10.2 Å². The van der Waals surface area contributed by atoms with Crippen LogP contribution < -0.4 is 5.32 Å². The van der Waals surface area contributed by atoms with Gasteiger partial charge in [-0.15, -0.1) is 0 Å². The first kappa shape index (κ1) is 14.2. The summed E-state index contributed by atoms with van der Waals surface area (Å²) < 4.78 is 1.89. The number of aromatic nitrogens is 3. The second-order valence-electron chi connectivity index (χ2n) is 7.28. The third-order valence-corrected chi connectivity index (χ3v) is 5.83. The molecule has 1 aromatic rings. The van der Waals surface area contributed by atoms with Crippen molar-refractivity contribution in [2.24, 2.45) is 17.3 Å². The summed E-state index contributed by atoms with van der Waals surface area (Å²) in [5.41, 5.74) is 0.348. The summed E-state index contributed by atoms with van der Waals surface area (Å²) in [5.74, 6) is 1.24. The molecule has 4 rings (SSSR count). The molecule has 1 aliphatic carbocycles. The van der Waals surface area contributed by atoms with E-state index in [1.165, 1.54) is 19.3 Å². The Morgan fingerprint density at radius 2 is 2.23 bits per heavy atom. The molecule has 3 fully saturated rings. The highest BCUT2D eigenvalue weighted by molar-refractivity contribution is 5.82. The smallest absolute Gasteiger partial charge is 0.226 e. The van der Waals surface area contributed by atoms with Gasteiger partial charge in [0, 0.05) is 25.6 Å². The molecular weight excluding hydrogens is 278 g/mol. The number of hydrogen-bond donors (Lipinski definition) is 1. The summed E-state index contributed by atoms with van der Waals surface area (Å²) in [7, 11) is 0. The Hall–Kier alpha value is -1.43. The summed E-state index contributed by atoms with van der Waals surface area (Å²) in [5, 5.41) is 7.60. The van der Waals surface area contributed by atoms with Gasteiger partial charge in [0.25, 0.3) is 0 Å². The highest BCUT2D eigenvalue weighted by Gasteiger charge is 2.58. The number of carbonyl (C=O) groups is 1. The first-order valence-corrected chi connectivity index (χ1v) is 8.59. The highest BCUT2D eigenvalue weighted by Crippen LogP contribution is 2.59. The van der Waals surface area contributed by atoms with E-state index in [2.05, 4.69) is 20.3 Å². The van der Waals surface area contributed by atoms with Crippen LogP contribution in [0.5, 0.6) is 0 Å². The largest absolute Gasteiger partial charge is 0.342 e. The van der Waals surface area contributed by atoms with Crippen molar-refractivity contribution in [2.75, 3.05) is 26.2 Å². The third kappa shape index (κ3) is 2.64. The van der Waals surface area contributed by atoms with E-state index in [1.807, 2.05) is 4.68 Å². The van der Waals surface area contributed by atoms with Crippen molar-refractivity contribution in [1.29, 1.82) is 0 Å². The Kier molecular flexibility index (Phi) is 3.64. The first-order valence-electron chi connectivity index (χ1n) is 8.59. The van der Waals surface area contributed by atoms with Gasteiger partial charge in [-0.1, -0.05) is 0 Å². The second kappa shape index (κ2) is 5.65. The van der Waals surface area contributed by atoms with Crippen LogP contribution in [0, 0.1) is 17.3 Å². The fourth-order valence-electron chi connectivity index (χ4n) is 4.40. The van der Waals surface area contributed by atoms with E-state index >= 15 is 0 Å². The lowest BCUT2D eigenvalue weighted by molar-refractivity contribution is -0.135. The van der Waals surface area contributed by atoms with Gasteiger partial charge in [-0.2, -0.15) is 5.10 Å². The molecule has 2 saturated heterocycles. The average molecular weight is 303 g/mol. The topological polar surface area (TPSA) is 63.1 Å². The summed E-state index contributed by atoms with van der Waals surface area (Å²) in [6.45, 7) is 4.88. The third-order valence-electron chi connectivity index (χ3n) is 5.83. The molecule has 2 atom stereocenters. The van der Waals surface area contributed by atoms with Crippen molar-refractivity contribution in [3.8, 4) is 0 Å². The Labute approximate surface area is 131 Å². The Morgan fingerprint density at radius 1 is 1.36 bits per heavy atom. The molecule has 1 amide bonds. The number of likely N-dealkylation sites (tertiary alicyclic amines) is 1. The average Bonchev–Trinajstić information content (AvgIpc) is 2.98. The number of piperidine rings is 2. The van der Waals surface area contributed by atoms with Crippen LogP contribution in [-0.4, -0.2) is 51.8 Å². The minimum absolute atomic E-state index is 0.305. The molecule has 22 heavy (non-hydrogen) atoms. The number of rotatable bonds is 3. The molecule has 6 nitrogen and oxygen atoms in total. The van der Waals surface area contributed by atoms with Crippen LogP contribution in [-0.2, 0) is 11.3 Å². The van der Waals surface area contributed by atoms with E-state index in [1.54, 1.807) is 12.7 Å². The maximum atomic E-state index is 12.9. The quantitative estimate of drug-likeness (QED) is 0.901. The summed E-state index contributed by atoms with van der Waals surface area (Å²) in [6.07, 6.45) is 9.13. The van der Waals surface area contributed by atoms with Crippen LogP contribution in [0.25, 0.3) is 0 Å². The Bertz CT molecular complexity index is 523. The van der Waals surface area contributed by atoms with Crippen LogP contribution in [0.4, 0.5) is 0 Å². The van der Waals surface area contributed by atoms with Gasteiger partial charge in [0.2, 0.25) is 5.91 Å². The van der Waals surface area contributed by atoms with Gasteiger partial charge in [0.1, 0.15) is 12.7 Å². The van der Waals surface area contributed by atoms with Crippen molar-refractivity contribution >= 4 is 5.91 Å². The molecular formula is C16H25N5O. The lowest BCUT2D eigenvalue weighted by atomic mass is 9.91. The monoisotopic (exact) mass is 303 g/mol. The Balaban J connectivity index is 1.35. The van der Waals surface area contributed by atoms with Crippen molar-refractivity contribution in [3.05, 3.63) is 12.7 Å². The molecule has 2 unspecified atom stereocenters. The van der Waals surface area contributed by atoms with E-state index in [0.717, 1.165) is 45.6 Å². The number of carbonyl (C=O) groups excluding carboxylic acids is 1. The van der Waals surface area contributed by atoms with Gasteiger partial charge in [0.05, 0.1) is 0 Å². The maximum absolute atomic E-state index is 12.9. The van der Waals surface area contributed by atoms with E-state index in [0.29, 0.717) is 23.2 Å². The number of nitrogens with zero attached hydrogens (tertiary/aromatic N) is 4. The first-order chi connectivity index (χ1) is 10.8. The van der Waals surface area contributed by atoms with Gasteiger partial charge in [-0.05, 0) is 56.5 Å². The second-order valence-corrected chi connectivity index (χ2v) is 7.28. The van der Waals surface area contributed by atoms with E-state index in [4.69, 9.17) is 0 Å². The fraction of sp³-hybridized carbons (Fsp3) is 0.812. The molecule has 120 valence electrons. The predicted molar refractivity (Wildman–Crippen MR) is 82.0 cm³/mol. The van der Waals surface area contributed by atoms with Crippen molar-refractivity contribution in [2.45, 2.75) is 38.6 Å². The number of amides is 1. The normalized spacial score (nSPS) is 30.5. The molecule has 0 aromatic carbocycles. The number of hydrogen-bond acceptors (Lipinski definition) is 4. The van der Waals surface area contributed by atoms with Crippen LogP contribution in [0.2, 0.25) is 0 Å². The standard InChI is InChI=1S/C16H25N5O/c22-15(14-8-16(14)3-5-17-6-4-16)20-7-1-2-13(9-20)10-21-12-18-11-19-21/h11-14,17H,1-10H2. The minimum atomic E-state index is 0.305. The molecule has 1 aromatic heterocycles. The summed E-state index contributed by atoms with van der Waals surface area (Å²) in [6, 6.07) is 0. The van der Waals surface area contributed by atoms with Gasteiger partial charge in [-0.3, -0.25) is 9.48 Å². The van der Waals surface area contributed by atoms with Crippen LogP contribution in [0.1, 0.15) is 32.1 Å². The molecule has 3 aliphatic rings. The molecule has 1 spiro atoms. The van der Waals surface area contributed by atoms with Gasteiger partial charge in [0.15, 0.2) is 0 Å². The van der Waals surface area contributed by atoms with Crippen molar-refractivity contribution in [3.63, 3.8) is 0 Å². The molecule has 6 heteroatoms. The molecule has 0 bridgehead atoms. The van der Waals surface area contributed by atoms with E-state index in [9.17, 15) is 4.79 Å². The molecule has 1 N–H and O–H groups in total. The molecule has 1 saturated carbocycles. The molecule has 3 heterocycles. The summed E-state index contributed by atoms with van der Waals surface area (Å²) in [4.78, 5) is 19.0. The fourth-order valence-corrected chi connectivity index (χ4v) is 4.40. The zero-order chi connectivity index (χ0) is 15.0. The van der Waals surface area contributed by atoms with Crippen molar-refractivity contribution < 1.29 is 4.79 Å². The van der Waals surface area contributed by atoms with Gasteiger partial charge >= 0.3 is 0 Å². The number of nitrogens with one attached hydrogen (secondary N) is 1. The lowest BCUT2D eigenvalue weighted by Gasteiger charge is -2.34. The zero-order valence-electron chi connectivity index (χ0n) is 13.1. The minimum Gasteiger partial charge on any atom is -0.342 e. The highest BCUT2D eigenvalue weighted by atomic mass is 16.2. The predicted octanol–water partition coefficient (Wildman–Crippen LogP) is 0.906. The van der Waals surface area contributed by atoms with Crippen LogP contribution in [0.15, 0.2) is 12.7 Å². The Morgan fingerprint density at radius 3 is 3.00 bits per heavy atom. The van der Waals surface area contributed by atoms with Crippen LogP contribution >= 0.6 is 0 Å². The maximum Gasteiger partial charge on any atom is 0.226 e. The SMILES string of the molecule is O=C(C1CC12CCNCC2)N1CCCC(Cn2cncn2)C1.